The number of hydrogen-bond acceptors (Lipinski definition) is 6. The Morgan fingerprint density at radius 2 is 1.52 bits per heavy atom. The van der Waals surface area contributed by atoms with Crippen molar-refractivity contribution in [2.24, 2.45) is 4.99 Å². The Bertz CT molecular complexity index is 1150. The highest BCUT2D eigenvalue weighted by molar-refractivity contribution is 6.19. The number of hydrogen-bond donors (Lipinski definition) is 1. The molecule has 0 saturated carbocycles. The fourth-order valence-corrected chi connectivity index (χ4v) is 3.54. The number of anilines is 1. The Balaban J connectivity index is 2.02. The van der Waals surface area contributed by atoms with Gasteiger partial charge in [0.1, 0.15) is 11.2 Å². The van der Waals surface area contributed by atoms with Crippen molar-refractivity contribution in [3.63, 3.8) is 0 Å². The molecule has 0 saturated heterocycles. The number of aliphatic imine (C=N–C) groups is 1. The van der Waals surface area contributed by atoms with Crippen molar-refractivity contribution in [2.45, 2.75) is 12.5 Å². The Morgan fingerprint density at radius 1 is 0.897 bits per heavy atom. The number of rotatable bonds is 4. The topological polar surface area (TPSA) is 111 Å². The van der Waals surface area contributed by atoms with Gasteiger partial charge in [0.15, 0.2) is 0 Å². The van der Waals surface area contributed by atoms with Crippen LogP contribution in [0.5, 0.6) is 0 Å². The van der Waals surface area contributed by atoms with E-state index in [1.165, 1.54) is 6.07 Å². The van der Waals surface area contributed by atoms with Crippen molar-refractivity contribution in [3.8, 4) is 0 Å². The van der Waals surface area contributed by atoms with E-state index in [0.29, 0.717) is 17.0 Å². The lowest BCUT2D eigenvalue weighted by atomic mass is 9.86. The Kier molecular flexibility index (Phi) is 4.31. The lowest BCUT2D eigenvalue weighted by molar-refractivity contribution is -0.393. The largest absolute Gasteiger partial charge is 0.364 e. The normalized spacial score (nSPS) is 18.9. The number of nitrogens with zero attached hydrogens (tertiary/aromatic N) is 3. The monoisotopic (exact) mass is 388 g/mol. The van der Waals surface area contributed by atoms with Gasteiger partial charge in [0.05, 0.1) is 27.3 Å². The highest BCUT2D eigenvalue weighted by Gasteiger charge is 2.45. The van der Waals surface area contributed by atoms with Crippen LogP contribution in [0.1, 0.15) is 18.1 Å². The SMILES string of the molecule is CC1(c2ccccc2)Nc2c(cc([N+](=O)[O-])cc2[N+](=O)[O-])C1=Nc1ccccc1. The molecule has 0 aromatic heterocycles. The van der Waals surface area contributed by atoms with Crippen LogP contribution in [-0.2, 0) is 5.54 Å². The molecule has 144 valence electrons. The maximum Gasteiger partial charge on any atom is 0.299 e. The molecule has 8 heteroatoms. The molecule has 1 N–H and O–H groups in total. The number of nitro benzene ring substituents is 2. The van der Waals surface area contributed by atoms with Crippen molar-refractivity contribution < 1.29 is 9.85 Å². The Labute approximate surface area is 165 Å². The fourth-order valence-electron chi connectivity index (χ4n) is 3.54. The number of nitro groups is 2. The maximum atomic E-state index is 11.7. The van der Waals surface area contributed by atoms with E-state index in [0.717, 1.165) is 11.6 Å². The van der Waals surface area contributed by atoms with Gasteiger partial charge < -0.3 is 5.32 Å². The molecule has 1 aliphatic heterocycles. The van der Waals surface area contributed by atoms with Crippen LogP contribution >= 0.6 is 0 Å². The van der Waals surface area contributed by atoms with Crippen LogP contribution < -0.4 is 5.32 Å². The lowest BCUT2D eigenvalue weighted by Crippen LogP contribution is -2.35. The summed E-state index contributed by atoms with van der Waals surface area (Å²) in [6.07, 6.45) is 0. The van der Waals surface area contributed by atoms with Gasteiger partial charge in [-0.2, -0.15) is 0 Å². The van der Waals surface area contributed by atoms with E-state index in [-0.39, 0.29) is 17.1 Å². The van der Waals surface area contributed by atoms with E-state index in [4.69, 9.17) is 4.99 Å². The van der Waals surface area contributed by atoms with Gasteiger partial charge in [-0.3, -0.25) is 20.2 Å². The Morgan fingerprint density at radius 3 is 2.10 bits per heavy atom. The van der Waals surface area contributed by atoms with Crippen LogP contribution in [0.3, 0.4) is 0 Å². The lowest BCUT2D eigenvalue weighted by Gasteiger charge is -2.27. The highest BCUT2D eigenvalue weighted by Crippen LogP contribution is 2.46. The molecule has 3 aromatic rings. The third-order valence-corrected chi connectivity index (χ3v) is 4.96. The molecule has 8 nitrogen and oxygen atoms in total. The first-order valence-corrected chi connectivity index (χ1v) is 8.85. The van der Waals surface area contributed by atoms with Crippen molar-refractivity contribution in [2.75, 3.05) is 5.32 Å². The van der Waals surface area contributed by atoms with Gasteiger partial charge in [-0.25, -0.2) is 4.99 Å². The first-order chi connectivity index (χ1) is 13.9. The fraction of sp³-hybridized carbons (Fsp3) is 0.0952. The average molecular weight is 388 g/mol. The summed E-state index contributed by atoms with van der Waals surface area (Å²) in [5.74, 6) is 0. The minimum atomic E-state index is -0.903. The van der Waals surface area contributed by atoms with Crippen LogP contribution in [-0.4, -0.2) is 15.6 Å². The van der Waals surface area contributed by atoms with Gasteiger partial charge in [0.25, 0.3) is 11.4 Å². The number of benzene rings is 3. The second kappa shape index (κ2) is 6.83. The summed E-state index contributed by atoms with van der Waals surface area (Å²) in [4.78, 5) is 26.5. The van der Waals surface area contributed by atoms with Gasteiger partial charge in [0.2, 0.25) is 0 Å². The first kappa shape index (κ1) is 18.3. The quantitative estimate of drug-likeness (QED) is 0.501. The van der Waals surface area contributed by atoms with Crippen LogP contribution in [0.2, 0.25) is 0 Å². The van der Waals surface area contributed by atoms with Gasteiger partial charge in [-0.15, -0.1) is 0 Å². The second-order valence-electron chi connectivity index (χ2n) is 6.81. The molecule has 1 unspecified atom stereocenters. The molecule has 1 heterocycles. The van der Waals surface area contributed by atoms with Crippen molar-refractivity contribution >= 4 is 28.5 Å². The van der Waals surface area contributed by atoms with Crippen molar-refractivity contribution in [3.05, 3.63) is 104 Å². The molecule has 0 aliphatic carbocycles. The number of nitrogens with one attached hydrogen (secondary N) is 1. The summed E-state index contributed by atoms with van der Waals surface area (Å²) in [6.45, 7) is 1.86. The zero-order valence-corrected chi connectivity index (χ0v) is 15.4. The van der Waals surface area contributed by atoms with Gasteiger partial charge in [-0.05, 0) is 24.6 Å². The summed E-state index contributed by atoms with van der Waals surface area (Å²) in [5.41, 5.74) is 0.931. The molecule has 1 aliphatic rings. The predicted molar refractivity (Wildman–Crippen MR) is 110 cm³/mol. The summed E-state index contributed by atoms with van der Waals surface area (Å²) < 4.78 is 0. The van der Waals surface area contributed by atoms with E-state index in [9.17, 15) is 20.2 Å². The minimum Gasteiger partial charge on any atom is -0.364 e. The third-order valence-electron chi connectivity index (χ3n) is 4.96. The second-order valence-corrected chi connectivity index (χ2v) is 6.81. The average Bonchev–Trinajstić information content (AvgIpc) is 3.01. The molecule has 0 amide bonds. The summed E-state index contributed by atoms with van der Waals surface area (Å²) in [7, 11) is 0. The summed E-state index contributed by atoms with van der Waals surface area (Å²) in [5, 5.41) is 26.3. The van der Waals surface area contributed by atoms with E-state index < -0.39 is 15.4 Å². The number of non-ortho nitro benzene ring substituents is 1. The standard InChI is InChI=1S/C21H16N4O4/c1-21(14-8-4-2-5-9-14)20(22-15-10-6-3-7-11-15)17-12-16(24(26)27)13-18(25(28)29)19(17)23-21/h2-13,23H,1H3. The zero-order chi connectivity index (χ0) is 20.6. The number of fused-ring (bicyclic) bond motifs is 1. The molecular formula is C21H16N4O4. The van der Waals surface area contributed by atoms with E-state index in [2.05, 4.69) is 5.32 Å². The molecule has 1 atom stereocenters. The molecule has 0 radical (unpaired) electrons. The molecular weight excluding hydrogens is 372 g/mol. The predicted octanol–water partition coefficient (Wildman–Crippen LogP) is 4.96. The molecule has 3 aromatic carbocycles. The van der Waals surface area contributed by atoms with Crippen LogP contribution in [0.15, 0.2) is 77.8 Å². The van der Waals surface area contributed by atoms with Crippen molar-refractivity contribution in [1.82, 2.24) is 0 Å². The molecule has 0 fully saturated rings. The summed E-state index contributed by atoms with van der Waals surface area (Å²) in [6, 6.07) is 20.8. The number of para-hydroxylation sites is 1. The summed E-state index contributed by atoms with van der Waals surface area (Å²) >= 11 is 0. The maximum absolute atomic E-state index is 11.7. The minimum absolute atomic E-state index is 0.224. The van der Waals surface area contributed by atoms with E-state index in [1.807, 2.05) is 67.6 Å². The van der Waals surface area contributed by atoms with Crippen molar-refractivity contribution in [1.29, 1.82) is 0 Å². The Hall–Kier alpha value is -4.07. The molecule has 29 heavy (non-hydrogen) atoms. The molecule has 4 rings (SSSR count). The first-order valence-electron chi connectivity index (χ1n) is 8.85. The van der Waals surface area contributed by atoms with Gasteiger partial charge in [-0.1, -0.05) is 48.5 Å². The van der Waals surface area contributed by atoms with E-state index in [1.54, 1.807) is 0 Å². The van der Waals surface area contributed by atoms with Crippen LogP contribution in [0, 0.1) is 20.2 Å². The van der Waals surface area contributed by atoms with Crippen LogP contribution in [0.25, 0.3) is 0 Å². The third kappa shape index (κ3) is 3.10. The van der Waals surface area contributed by atoms with E-state index >= 15 is 0 Å². The molecule has 0 bridgehead atoms. The highest BCUT2D eigenvalue weighted by atomic mass is 16.6. The van der Waals surface area contributed by atoms with Crippen LogP contribution in [0.4, 0.5) is 22.7 Å². The molecule has 0 spiro atoms. The van der Waals surface area contributed by atoms with Gasteiger partial charge in [0, 0.05) is 11.6 Å². The zero-order valence-electron chi connectivity index (χ0n) is 15.4. The van der Waals surface area contributed by atoms with Gasteiger partial charge >= 0.3 is 0 Å². The smallest absolute Gasteiger partial charge is 0.299 e.